The van der Waals surface area contributed by atoms with Gasteiger partial charge in [0.25, 0.3) is 0 Å². The highest BCUT2D eigenvalue weighted by Crippen LogP contribution is 2.41. The molecule has 0 bridgehead atoms. The number of nitrogens with zero attached hydrogens (tertiary/aromatic N) is 4. The average molecular weight is 313 g/mol. The number of amides is 1. The Kier molecular flexibility index (Phi) is 3.47. The summed E-state index contributed by atoms with van der Waals surface area (Å²) in [6.45, 7) is 5.01. The van der Waals surface area contributed by atoms with Gasteiger partial charge in [-0.1, -0.05) is 12.8 Å². The zero-order valence-corrected chi connectivity index (χ0v) is 13.7. The fraction of sp³-hybridized carbons (Fsp3) is 0.588. The summed E-state index contributed by atoms with van der Waals surface area (Å²) in [4.78, 5) is 12.3. The lowest BCUT2D eigenvalue weighted by Crippen LogP contribution is -2.26. The minimum atomic E-state index is 0.0641. The Morgan fingerprint density at radius 1 is 1.22 bits per heavy atom. The lowest BCUT2D eigenvalue weighted by atomic mass is 9.87. The van der Waals surface area contributed by atoms with Crippen molar-refractivity contribution in [2.45, 2.75) is 64.5 Å². The number of fused-ring (bicyclic) bond motifs is 1. The van der Waals surface area contributed by atoms with E-state index in [0.717, 1.165) is 42.0 Å². The van der Waals surface area contributed by atoms with E-state index in [9.17, 15) is 4.79 Å². The van der Waals surface area contributed by atoms with Crippen molar-refractivity contribution < 1.29 is 4.79 Å². The predicted molar refractivity (Wildman–Crippen MR) is 87.5 cm³/mol. The first-order chi connectivity index (χ1) is 11.2. The quantitative estimate of drug-likeness (QED) is 0.947. The second kappa shape index (κ2) is 5.51. The molecule has 1 saturated carbocycles. The van der Waals surface area contributed by atoms with Crippen LogP contribution in [0.3, 0.4) is 0 Å². The Hall–Kier alpha value is -2.11. The summed E-state index contributed by atoms with van der Waals surface area (Å²) in [5, 5.41) is 12.1. The number of carbonyl (C=O) groups excluding carboxylic acids is 1. The minimum Gasteiger partial charge on any atom is -0.311 e. The number of hydrogen-bond acceptors (Lipinski definition) is 3. The molecule has 6 nitrogen and oxygen atoms in total. The third kappa shape index (κ3) is 2.28. The number of aryl methyl sites for hydroxylation is 1. The molecule has 1 amide bonds. The van der Waals surface area contributed by atoms with E-state index in [2.05, 4.69) is 29.4 Å². The number of nitrogens with one attached hydrogen (secondary N) is 1. The molecule has 23 heavy (non-hydrogen) atoms. The second-order valence-corrected chi connectivity index (χ2v) is 6.64. The largest absolute Gasteiger partial charge is 0.311 e. The summed E-state index contributed by atoms with van der Waals surface area (Å²) in [5.74, 6) is 1.04. The predicted octanol–water partition coefficient (Wildman–Crippen LogP) is 3.00. The van der Waals surface area contributed by atoms with Gasteiger partial charge in [0.15, 0.2) is 0 Å². The Morgan fingerprint density at radius 3 is 2.65 bits per heavy atom. The summed E-state index contributed by atoms with van der Waals surface area (Å²) in [5.41, 5.74) is 3.43. The molecule has 0 aromatic carbocycles. The van der Waals surface area contributed by atoms with Gasteiger partial charge in [-0.05, 0) is 26.7 Å². The number of carbonyl (C=O) groups is 1. The number of hydrogen-bond donors (Lipinski definition) is 1. The molecule has 1 fully saturated rings. The summed E-state index contributed by atoms with van der Waals surface area (Å²) < 4.78 is 4.04. The van der Waals surface area contributed by atoms with Gasteiger partial charge in [-0.15, -0.1) is 0 Å². The Bertz CT molecular complexity index is 738. The van der Waals surface area contributed by atoms with Gasteiger partial charge in [-0.3, -0.25) is 9.48 Å². The van der Waals surface area contributed by atoms with Crippen molar-refractivity contribution in [1.29, 1.82) is 0 Å². The van der Waals surface area contributed by atoms with Crippen molar-refractivity contribution in [2.24, 2.45) is 0 Å². The van der Waals surface area contributed by atoms with E-state index in [1.165, 1.54) is 12.8 Å². The number of aromatic nitrogens is 4. The van der Waals surface area contributed by atoms with Gasteiger partial charge in [0.2, 0.25) is 5.91 Å². The summed E-state index contributed by atoms with van der Waals surface area (Å²) in [6.07, 6.45) is 9.14. The fourth-order valence-electron chi connectivity index (χ4n) is 4.06. The molecule has 2 aromatic heterocycles. The maximum absolute atomic E-state index is 12.3. The maximum atomic E-state index is 12.3. The van der Waals surface area contributed by atoms with Crippen molar-refractivity contribution in [3.05, 3.63) is 29.2 Å². The van der Waals surface area contributed by atoms with E-state index >= 15 is 0 Å². The molecule has 0 radical (unpaired) electrons. The number of anilines is 1. The molecule has 2 aromatic rings. The minimum absolute atomic E-state index is 0.0641. The van der Waals surface area contributed by atoms with Gasteiger partial charge in [0, 0.05) is 35.7 Å². The van der Waals surface area contributed by atoms with Crippen LogP contribution in [0.25, 0.3) is 0 Å². The molecule has 1 N–H and O–H groups in total. The van der Waals surface area contributed by atoms with Crippen LogP contribution in [-0.2, 0) is 11.3 Å². The van der Waals surface area contributed by atoms with Crippen LogP contribution in [0, 0.1) is 6.92 Å². The van der Waals surface area contributed by atoms with Gasteiger partial charge < -0.3 is 5.32 Å². The SMILES string of the molecule is CCn1ncc([C@@H]2CC(=O)Nc3c2cnn3C2CCCC2)c1C. The molecular formula is C17H23N5O. The van der Waals surface area contributed by atoms with Crippen molar-refractivity contribution in [3.63, 3.8) is 0 Å². The zero-order chi connectivity index (χ0) is 16.0. The first-order valence-corrected chi connectivity index (χ1v) is 8.58. The highest BCUT2D eigenvalue weighted by molar-refractivity contribution is 5.94. The highest BCUT2D eigenvalue weighted by atomic mass is 16.1. The van der Waals surface area contributed by atoms with E-state index in [4.69, 9.17) is 0 Å². The standard InChI is InChI=1S/C17H23N5O/c1-3-21-11(2)14(9-18-21)13-8-16(23)20-17-15(13)10-19-22(17)12-6-4-5-7-12/h9-10,12-13H,3-8H2,1-2H3,(H,20,23)/t13-/m0/s1. The third-order valence-corrected chi connectivity index (χ3v) is 5.33. The van der Waals surface area contributed by atoms with E-state index in [-0.39, 0.29) is 11.8 Å². The molecule has 122 valence electrons. The normalized spacial score (nSPS) is 21.5. The van der Waals surface area contributed by atoms with Gasteiger partial charge in [0.05, 0.1) is 18.4 Å². The fourth-order valence-corrected chi connectivity index (χ4v) is 4.06. The summed E-state index contributed by atoms with van der Waals surface area (Å²) in [7, 11) is 0. The molecule has 0 saturated heterocycles. The molecule has 6 heteroatoms. The summed E-state index contributed by atoms with van der Waals surface area (Å²) >= 11 is 0. The molecule has 0 unspecified atom stereocenters. The van der Waals surface area contributed by atoms with Gasteiger partial charge in [0.1, 0.15) is 5.82 Å². The molecule has 0 spiro atoms. The van der Waals surface area contributed by atoms with E-state index < -0.39 is 0 Å². The van der Waals surface area contributed by atoms with Crippen molar-refractivity contribution in [3.8, 4) is 0 Å². The topological polar surface area (TPSA) is 64.7 Å². The molecular weight excluding hydrogens is 290 g/mol. The van der Waals surface area contributed by atoms with Crippen LogP contribution in [0.5, 0.6) is 0 Å². The van der Waals surface area contributed by atoms with Crippen LogP contribution in [0.2, 0.25) is 0 Å². The monoisotopic (exact) mass is 313 g/mol. The van der Waals surface area contributed by atoms with Crippen LogP contribution >= 0.6 is 0 Å². The number of rotatable bonds is 3. The molecule has 2 aliphatic rings. The van der Waals surface area contributed by atoms with E-state index in [1.807, 2.05) is 21.8 Å². The van der Waals surface area contributed by atoms with Gasteiger partial charge >= 0.3 is 0 Å². The van der Waals surface area contributed by atoms with Crippen LogP contribution in [0.4, 0.5) is 5.82 Å². The maximum Gasteiger partial charge on any atom is 0.226 e. The van der Waals surface area contributed by atoms with Crippen LogP contribution in [0.1, 0.15) is 67.8 Å². The Balaban J connectivity index is 1.76. The van der Waals surface area contributed by atoms with Crippen LogP contribution in [0.15, 0.2) is 12.4 Å². The van der Waals surface area contributed by atoms with Gasteiger partial charge in [-0.25, -0.2) is 4.68 Å². The first kappa shape index (κ1) is 14.5. The molecule has 1 aliphatic heterocycles. The molecule has 4 rings (SSSR count). The van der Waals surface area contributed by atoms with Crippen molar-refractivity contribution >= 4 is 11.7 Å². The van der Waals surface area contributed by atoms with E-state index in [1.54, 1.807) is 0 Å². The lowest BCUT2D eigenvalue weighted by molar-refractivity contribution is -0.116. The Morgan fingerprint density at radius 2 is 1.96 bits per heavy atom. The average Bonchev–Trinajstić information content (AvgIpc) is 3.24. The first-order valence-electron chi connectivity index (χ1n) is 8.58. The van der Waals surface area contributed by atoms with E-state index in [0.29, 0.717) is 12.5 Å². The summed E-state index contributed by atoms with van der Waals surface area (Å²) in [6, 6.07) is 0.428. The third-order valence-electron chi connectivity index (χ3n) is 5.33. The van der Waals surface area contributed by atoms with Crippen molar-refractivity contribution in [1.82, 2.24) is 19.6 Å². The van der Waals surface area contributed by atoms with Crippen LogP contribution in [-0.4, -0.2) is 25.5 Å². The molecule has 1 atom stereocenters. The smallest absolute Gasteiger partial charge is 0.226 e. The highest BCUT2D eigenvalue weighted by Gasteiger charge is 2.33. The second-order valence-electron chi connectivity index (χ2n) is 6.64. The van der Waals surface area contributed by atoms with Crippen molar-refractivity contribution in [2.75, 3.05) is 5.32 Å². The van der Waals surface area contributed by atoms with Gasteiger partial charge in [-0.2, -0.15) is 10.2 Å². The lowest BCUT2D eigenvalue weighted by Gasteiger charge is -2.25. The van der Waals surface area contributed by atoms with Crippen LogP contribution < -0.4 is 5.32 Å². The Labute approximate surface area is 135 Å². The molecule has 1 aliphatic carbocycles. The zero-order valence-electron chi connectivity index (χ0n) is 13.7. The molecule has 3 heterocycles.